The van der Waals surface area contributed by atoms with E-state index in [1.807, 2.05) is 36.4 Å². The molecule has 138 valence electrons. The van der Waals surface area contributed by atoms with E-state index in [1.54, 1.807) is 23.7 Å². The number of rotatable bonds is 7. The van der Waals surface area contributed by atoms with Crippen molar-refractivity contribution in [2.45, 2.75) is 17.9 Å². The zero-order chi connectivity index (χ0) is 18.2. The highest BCUT2D eigenvalue weighted by atomic mass is 32.2. The first-order valence-electron chi connectivity index (χ1n) is 8.78. The Hall–Kier alpha value is -2.34. The maximum atomic E-state index is 12.2. The van der Waals surface area contributed by atoms with Crippen LogP contribution in [-0.4, -0.2) is 43.5 Å². The monoisotopic (exact) mass is 372 g/mol. The fourth-order valence-corrected chi connectivity index (χ4v) is 3.51. The minimum Gasteiger partial charge on any atom is -0.486 e. The lowest BCUT2D eigenvalue weighted by Crippen LogP contribution is -2.37. The summed E-state index contributed by atoms with van der Waals surface area (Å²) < 4.78 is 11.1. The van der Waals surface area contributed by atoms with Crippen molar-refractivity contribution < 1.29 is 14.3 Å². The molecule has 0 atom stereocenters. The molecule has 3 rings (SSSR count). The van der Waals surface area contributed by atoms with Gasteiger partial charge in [-0.2, -0.15) is 0 Å². The molecule has 2 aromatic carbocycles. The first kappa shape index (κ1) is 18.5. The Morgan fingerprint density at radius 2 is 1.88 bits per heavy atom. The zero-order valence-electron chi connectivity index (χ0n) is 14.9. The van der Waals surface area contributed by atoms with Crippen LogP contribution < -0.4 is 14.8 Å². The van der Waals surface area contributed by atoms with E-state index < -0.39 is 0 Å². The van der Waals surface area contributed by atoms with E-state index in [2.05, 4.69) is 17.4 Å². The average molecular weight is 372 g/mol. The first-order valence-corrected chi connectivity index (χ1v) is 9.76. The van der Waals surface area contributed by atoms with Crippen LogP contribution in [0.4, 0.5) is 4.79 Å². The van der Waals surface area contributed by atoms with Gasteiger partial charge in [0.15, 0.2) is 11.5 Å². The van der Waals surface area contributed by atoms with Gasteiger partial charge in [0, 0.05) is 25.0 Å². The van der Waals surface area contributed by atoms with Gasteiger partial charge in [-0.3, -0.25) is 0 Å². The van der Waals surface area contributed by atoms with Gasteiger partial charge in [-0.15, -0.1) is 11.8 Å². The van der Waals surface area contributed by atoms with Crippen molar-refractivity contribution in [3.05, 3.63) is 54.1 Å². The third-order valence-electron chi connectivity index (χ3n) is 3.98. The van der Waals surface area contributed by atoms with E-state index in [0.29, 0.717) is 26.3 Å². The Bertz CT molecular complexity index is 724. The lowest BCUT2D eigenvalue weighted by atomic mass is 10.2. The molecule has 2 aromatic rings. The molecular formula is C20H24N2O3S. The summed E-state index contributed by atoms with van der Waals surface area (Å²) in [7, 11) is 1.80. The van der Waals surface area contributed by atoms with E-state index in [1.165, 1.54) is 4.90 Å². The topological polar surface area (TPSA) is 50.8 Å². The van der Waals surface area contributed by atoms with Gasteiger partial charge in [0.2, 0.25) is 0 Å². The molecule has 0 unspecified atom stereocenters. The molecule has 1 aliphatic heterocycles. The highest BCUT2D eigenvalue weighted by Gasteiger charge is 2.14. The Balaban J connectivity index is 1.38. The minimum atomic E-state index is -0.0652. The molecule has 1 aliphatic rings. The largest absolute Gasteiger partial charge is 0.486 e. The molecule has 0 radical (unpaired) electrons. The smallest absolute Gasteiger partial charge is 0.317 e. The van der Waals surface area contributed by atoms with E-state index in [4.69, 9.17) is 9.47 Å². The molecule has 1 heterocycles. The molecule has 0 bridgehead atoms. The van der Waals surface area contributed by atoms with E-state index in [0.717, 1.165) is 29.2 Å². The maximum absolute atomic E-state index is 12.2. The quantitative estimate of drug-likeness (QED) is 0.594. The third kappa shape index (κ3) is 5.33. The van der Waals surface area contributed by atoms with Crippen LogP contribution in [0.25, 0.3) is 0 Å². The average Bonchev–Trinajstić information content (AvgIpc) is 2.68. The predicted octanol–water partition coefficient (Wildman–Crippen LogP) is 3.78. The summed E-state index contributed by atoms with van der Waals surface area (Å²) in [6.45, 7) is 2.34. The molecule has 0 fully saturated rings. The van der Waals surface area contributed by atoms with Crippen LogP contribution in [0, 0.1) is 0 Å². The van der Waals surface area contributed by atoms with Gasteiger partial charge in [-0.25, -0.2) is 4.79 Å². The van der Waals surface area contributed by atoms with Crippen molar-refractivity contribution in [2.75, 3.05) is 32.6 Å². The highest BCUT2D eigenvalue weighted by Crippen LogP contribution is 2.31. The van der Waals surface area contributed by atoms with Crippen LogP contribution in [0.15, 0.2) is 53.4 Å². The van der Waals surface area contributed by atoms with Gasteiger partial charge >= 0.3 is 6.03 Å². The van der Waals surface area contributed by atoms with Crippen LogP contribution in [-0.2, 0) is 6.54 Å². The second-order valence-electron chi connectivity index (χ2n) is 6.08. The summed E-state index contributed by atoms with van der Waals surface area (Å²) in [4.78, 5) is 15.2. The molecule has 0 saturated carbocycles. The molecule has 0 saturated heterocycles. The molecule has 0 aromatic heterocycles. The number of amides is 2. The van der Waals surface area contributed by atoms with Crippen LogP contribution in [0.3, 0.4) is 0 Å². The Morgan fingerprint density at radius 1 is 1.12 bits per heavy atom. The number of thioether (sulfide) groups is 1. The lowest BCUT2D eigenvalue weighted by Gasteiger charge is -2.21. The van der Waals surface area contributed by atoms with Crippen molar-refractivity contribution >= 4 is 17.8 Å². The van der Waals surface area contributed by atoms with Gasteiger partial charge < -0.3 is 19.7 Å². The van der Waals surface area contributed by atoms with Gasteiger partial charge in [-0.1, -0.05) is 24.3 Å². The van der Waals surface area contributed by atoms with Crippen LogP contribution in [0.2, 0.25) is 0 Å². The number of hydrogen-bond acceptors (Lipinski definition) is 4. The SMILES string of the molecule is CN(Cc1ccc2c(c1)OCCO2)C(=O)NCCCSc1ccccc1. The number of carbonyl (C=O) groups is 1. The summed E-state index contributed by atoms with van der Waals surface area (Å²) in [5.41, 5.74) is 1.02. The summed E-state index contributed by atoms with van der Waals surface area (Å²) in [5, 5.41) is 2.97. The number of fused-ring (bicyclic) bond motifs is 1. The number of hydrogen-bond donors (Lipinski definition) is 1. The number of ether oxygens (including phenoxy) is 2. The minimum absolute atomic E-state index is 0.0652. The first-order chi connectivity index (χ1) is 12.7. The van der Waals surface area contributed by atoms with E-state index in [-0.39, 0.29) is 6.03 Å². The second kappa shape index (κ2) is 9.38. The number of urea groups is 1. The lowest BCUT2D eigenvalue weighted by molar-refractivity contribution is 0.171. The van der Waals surface area contributed by atoms with Gasteiger partial charge in [0.05, 0.1) is 0 Å². The summed E-state index contributed by atoms with van der Waals surface area (Å²) in [6, 6.07) is 16.0. The molecular weight excluding hydrogens is 348 g/mol. The standard InChI is InChI=1S/C20H24N2O3S/c1-22(15-16-8-9-18-19(14-16)25-12-11-24-18)20(23)21-10-5-13-26-17-6-3-2-4-7-17/h2-4,6-9,14H,5,10-13,15H2,1H3,(H,21,23). The summed E-state index contributed by atoms with van der Waals surface area (Å²) >= 11 is 1.81. The van der Waals surface area contributed by atoms with Crippen molar-refractivity contribution in [1.29, 1.82) is 0 Å². The van der Waals surface area contributed by atoms with Crippen molar-refractivity contribution in [3.8, 4) is 11.5 Å². The van der Waals surface area contributed by atoms with Crippen LogP contribution in [0.5, 0.6) is 11.5 Å². The normalized spacial score (nSPS) is 12.5. The molecule has 1 N–H and O–H groups in total. The number of carbonyl (C=O) groups excluding carboxylic acids is 1. The van der Waals surface area contributed by atoms with Crippen molar-refractivity contribution in [2.24, 2.45) is 0 Å². The second-order valence-corrected chi connectivity index (χ2v) is 7.25. The zero-order valence-corrected chi connectivity index (χ0v) is 15.8. The van der Waals surface area contributed by atoms with Gasteiger partial charge in [0.25, 0.3) is 0 Å². The molecule has 2 amide bonds. The highest BCUT2D eigenvalue weighted by molar-refractivity contribution is 7.99. The van der Waals surface area contributed by atoms with E-state index >= 15 is 0 Å². The number of nitrogens with zero attached hydrogens (tertiary/aromatic N) is 1. The van der Waals surface area contributed by atoms with Crippen molar-refractivity contribution in [1.82, 2.24) is 10.2 Å². The number of benzene rings is 2. The molecule has 0 aliphatic carbocycles. The van der Waals surface area contributed by atoms with E-state index in [9.17, 15) is 4.79 Å². The van der Waals surface area contributed by atoms with Crippen molar-refractivity contribution in [3.63, 3.8) is 0 Å². The summed E-state index contributed by atoms with van der Waals surface area (Å²) in [6.07, 6.45) is 0.934. The van der Waals surface area contributed by atoms with Gasteiger partial charge in [0.1, 0.15) is 13.2 Å². The molecule has 6 heteroatoms. The van der Waals surface area contributed by atoms with Gasteiger partial charge in [-0.05, 0) is 42.0 Å². The number of nitrogens with one attached hydrogen (secondary N) is 1. The molecule has 0 spiro atoms. The summed E-state index contributed by atoms with van der Waals surface area (Å²) in [5.74, 6) is 2.50. The Morgan fingerprint density at radius 3 is 2.69 bits per heavy atom. The predicted molar refractivity (Wildman–Crippen MR) is 104 cm³/mol. The third-order valence-corrected chi connectivity index (χ3v) is 5.08. The molecule has 5 nitrogen and oxygen atoms in total. The van der Waals surface area contributed by atoms with Crippen LogP contribution in [0.1, 0.15) is 12.0 Å². The fraction of sp³-hybridized carbons (Fsp3) is 0.350. The fourth-order valence-electron chi connectivity index (χ4n) is 2.64. The maximum Gasteiger partial charge on any atom is 0.317 e. The Kier molecular flexibility index (Phi) is 6.66. The Labute approximate surface area is 158 Å². The van der Waals surface area contributed by atoms with Crippen LogP contribution >= 0.6 is 11.8 Å². The molecule has 26 heavy (non-hydrogen) atoms.